The van der Waals surface area contributed by atoms with Crippen LogP contribution in [0.2, 0.25) is 5.02 Å². The topological polar surface area (TPSA) is 49.8 Å². The average Bonchev–Trinajstić information content (AvgIpc) is 2.43. The van der Waals surface area contributed by atoms with Crippen molar-refractivity contribution in [1.29, 1.82) is 0 Å². The highest BCUT2D eigenvalue weighted by molar-refractivity contribution is 14.1. The van der Waals surface area contributed by atoms with Crippen molar-refractivity contribution >= 4 is 51.5 Å². The highest BCUT2D eigenvalue weighted by Crippen LogP contribution is 2.28. The number of benzene rings is 1. The number of rotatable bonds is 4. The maximum absolute atomic E-state index is 5.98. The van der Waals surface area contributed by atoms with Crippen LogP contribution < -0.4 is 10.6 Å². The van der Waals surface area contributed by atoms with Gasteiger partial charge in [-0.15, -0.1) is 0 Å². The zero-order valence-electron chi connectivity index (χ0n) is 11.6. The van der Waals surface area contributed by atoms with E-state index in [1.165, 1.54) is 0 Å². The van der Waals surface area contributed by atoms with Crippen molar-refractivity contribution in [2.75, 3.05) is 17.7 Å². The maximum Gasteiger partial charge on any atom is 0.139 e. The second-order valence-corrected chi connectivity index (χ2v) is 5.91. The lowest BCUT2D eigenvalue weighted by Crippen LogP contribution is -2.07. The summed E-state index contributed by atoms with van der Waals surface area (Å²) in [5.41, 5.74) is 1.98. The molecule has 2 N–H and O–H groups in total. The van der Waals surface area contributed by atoms with Crippen molar-refractivity contribution in [3.8, 4) is 0 Å². The summed E-state index contributed by atoms with van der Waals surface area (Å²) < 4.78 is 1.05. The Morgan fingerprint density at radius 1 is 1.25 bits per heavy atom. The van der Waals surface area contributed by atoms with Gasteiger partial charge in [0.15, 0.2) is 0 Å². The quantitative estimate of drug-likeness (QED) is 0.745. The molecular weight excluding hydrogens is 387 g/mol. The number of aryl methyl sites for hydroxylation is 1. The maximum atomic E-state index is 5.98. The summed E-state index contributed by atoms with van der Waals surface area (Å²) in [4.78, 5) is 9.02. The van der Waals surface area contributed by atoms with Gasteiger partial charge < -0.3 is 10.6 Å². The van der Waals surface area contributed by atoms with E-state index in [0.717, 1.165) is 43.7 Å². The number of halogens is 2. The lowest BCUT2D eigenvalue weighted by Gasteiger charge is -2.14. The third kappa shape index (κ3) is 3.32. The Morgan fingerprint density at radius 2 is 1.95 bits per heavy atom. The van der Waals surface area contributed by atoms with Crippen LogP contribution in [0.5, 0.6) is 0 Å². The second-order valence-electron chi connectivity index (χ2n) is 4.31. The van der Waals surface area contributed by atoms with Gasteiger partial charge >= 0.3 is 0 Å². The first-order valence-corrected chi connectivity index (χ1v) is 7.78. The molecule has 1 aromatic heterocycles. The normalized spacial score (nSPS) is 10.4. The largest absolute Gasteiger partial charge is 0.373 e. The molecule has 2 aromatic rings. The third-order valence-corrected chi connectivity index (χ3v) is 4.06. The first-order valence-electron chi connectivity index (χ1n) is 6.32. The predicted octanol–water partition coefficient (Wildman–Crippen LogP) is 4.39. The number of hydrogen-bond acceptors (Lipinski definition) is 4. The summed E-state index contributed by atoms with van der Waals surface area (Å²) in [6.45, 7) is 4.04. The molecule has 4 nitrogen and oxygen atoms in total. The smallest absolute Gasteiger partial charge is 0.139 e. The van der Waals surface area contributed by atoms with Crippen LogP contribution in [0.4, 0.5) is 17.3 Å². The summed E-state index contributed by atoms with van der Waals surface area (Å²) in [5, 5.41) is 7.19. The fourth-order valence-corrected chi connectivity index (χ4v) is 2.81. The monoisotopic (exact) mass is 402 g/mol. The van der Waals surface area contributed by atoms with Gasteiger partial charge in [-0.05, 0) is 47.7 Å². The minimum absolute atomic E-state index is 0.726. The van der Waals surface area contributed by atoms with Gasteiger partial charge in [0.2, 0.25) is 0 Å². The Bertz CT molecular complexity index is 631. The molecule has 2 rings (SSSR count). The molecule has 0 amide bonds. The van der Waals surface area contributed by atoms with Crippen LogP contribution in [0.15, 0.2) is 18.2 Å². The van der Waals surface area contributed by atoms with Gasteiger partial charge in [-0.1, -0.05) is 18.5 Å². The molecule has 0 radical (unpaired) electrons. The number of aromatic nitrogens is 2. The Labute approximate surface area is 137 Å². The van der Waals surface area contributed by atoms with Gasteiger partial charge in [-0.2, -0.15) is 0 Å². The lowest BCUT2D eigenvalue weighted by molar-refractivity contribution is 0.935. The number of nitrogens with zero attached hydrogens (tertiary/aromatic N) is 2. The molecule has 0 saturated heterocycles. The van der Waals surface area contributed by atoms with Crippen LogP contribution in [0, 0.1) is 10.5 Å². The molecule has 20 heavy (non-hydrogen) atoms. The van der Waals surface area contributed by atoms with E-state index in [1.54, 1.807) is 0 Å². The Hall–Kier alpha value is -1.08. The van der Waals surface area contributed by atoms with E-state index in [-0.39, 0.29) is 0 Å². The summed E-state index contributed by atoms with van der Waals surface area (Å²) in [6, 6.07) is 5.74. The van der Waals surface area contributed by atoms with Gasteiger partial charge in [-0.25, -0.2) is 9.97 Å². The van der Waals surface area contributed by atoms with E-state index in [4.69, 9.17) is 11.6 Å². The van der Waals surface area contributed by atoms with Gasteiger partial charge in [-0.3, -0.25) is 0 Å². The minimum atomic E-state index is 0.726. The van der Waals surface area contributed by atoms with Crippen LogP contribution in [0.1, 0.15) is 18.3 Å². The lowest BCUT2D eigenvalue weighted by atomic mass is 10.2. The number of anilines is 3. The van der Waals surface area contributed by atoms with Gasteiger partial charge in [0.25, 0.3) is 0 Å². The van der Waals surface area contributed by atoms with Crippen molar-refractivity contribution in [2.24, 2.45) is 0 Å². The SMILES string of the molecule is CCc1nc(NC)c(C)c(Nc2ccc(Cl)cc2I)n1. The molecule has 0 unspecified atom stereocenters. The number of nitrogens with one attached hydrogen (secondary N) is 2. The van der Waals surface area contributed by atoms with Crippen molar-refractivity contribution in [2.45, 2.75) is 20.3 Å². The standard InChI is InChI=1S/C14H16ClIN4/c1-4-12-19-13(17-3)8(2)14(20-12)18-11-6-5-9(15)7-10(11)16/h5-7H,4H2,1-3H3,(H2,17,18,19,20). The molecule has 0 aliphatic rings. The zero-order chi connectivity index (χ0) is 14.7. The average molecular weight is 403 g/mol. The highest BCUT2D eigenvalue weighted by atomic mass is 127. The summed E-state index contributed by atoms with van der Waals surface area (Å²) in [6.07, 6.45) is 0.793. The highest BCUT2D eigenvalue weighted by Gasteiger charge is 2.10. The van der Waals surface area contributed by atoms with Crippen molar-refractivity contribution in [3.05, 3.63) is 38.2 Å². The molecule has 0 aliphatic heterocycles. The Kier molecular flexibility index (Phi) is 5.04. The molecule has 0 saturated carbocycles. The van der Waals surface area contributed by atoms with Crippen LogP contribution in [-0.4, -0.2) is 17.0 Å². The molecule has 0 bridgehead atoms. The molecular formula is C14H16ClIN4. The number of hydrogen-bond donors (Lipinski definition) is 2. The molecule has 106 valence electrons. The van der Waals surface area contributed by atoms with Crippen molar-refractivity contribution in [1.82, 2.24) is 9.97 Å². The van der Waals surface area contributed by atoms with E-state index in [9.17, 15) is 0 Å². The summed E-state index contributed by atoms with van der Waals surface area (Å²) >= 11 is 8.23. The fraction of sp³-hybridized carbons (Fsp3) is 0.286. The Balaban J connectivity index is 2.42. The summed E-state index contributed by atoms with van der Waals surface area (Å²) in [7, 11) is 1.87. The van der Waals surface area contributed by atoms with E-state index < -0.39 is 0 Å². The molecule has 0 aliphatic carbocycles. The van der Waals surface area contributed by atoms with Gasteiger partial charge in [0.05, 0.1) is 5.69 Å². The second kappa shape index (κ2) is 6.58. The molecule has 1 heterocycles. The summed E-state index contributed by atoms with van der Waals surface area (Å²) in [5.74, 6) is 2.48. The van der Waals surface area contributed by atoms with Crippen molar-refractivity contribution < 1.29 is 0 Å². The van der Waals surface area contributed by atoms with Crippen molar-refractivity contribution in [3.63, 3.8) is 0 Å². The van der Waals surface area contributed by atoms with Crippen LogP contribution in [-0.2, 0) is 6.42 Å². The Morgan fingerprint density at radius 3 is 2.55 bits per heavy atom. The minimum Gasteiger partial charge on any atom is -0.373 e. The van der Waals surface area contributed by atoms with E-state index in [1.807, 2.05) is 39.1 Å². The molecule has 1 aromatic carbocycles. The van der Waals surface area contributed by atoms with E-state index in [2.05, 4.69) is 43.2 Å². The van der Waals surface area contributed by atoms with Crippen LogP contribution >= 0.6 is 34.2 Å². The van der Waals surface area contributed by atoms with Crippen LogP contribution in [0.3, 0.4) is 0 Å². The van der Waals surface area contributed by atoms with E-state index in [0.29, 0.717) is 0 Å². The fourth-order valence-electron chi connectivity index (χ4n) is 1.80. The molecule has 0 spiro atoms. The first-order chi connectivity index (χ1) is 9.55. The predicted molar refractivity (Wildman–Crippen MR) is 93.1 cm³/mol. The molecule has 0 fully saturated rings. The third-order valence-electron chi connectivity index (χ3n) is 2.93. The van der Waals surface area contributed by atoms with Gasteiger partial charge in [0.1, 0.15) is 17.5 Å². The zero-order valence-corrected chi connectivity index (χ0v) is 14.5. The first kappa shape index (κ1) is 15.3. The van der Waals surface area contributed by atoms with Crippen LogP contribution in [0.25, 0.3) is 0 Å². The molecule has 6 heteroatoms. The van der Waals surface area contributed by atoms with E-state index >= 15 is 0 Å². The molecule has 0 atom stereocenters. The van der Waals surface area contributed by atoms with Gasteiger partial charge in [0, 0.05) is 27.6 Å².